The number of alkyl halides is 2. The van der Waals surface area contributed by atoms with Gasteiger partial charge in [0.2, 0.25) is 0 Å². The molecule has 21 heavy (non-hydrogen) atoms. The van der Waals surface area contributed by atoms with Gasteiger partial charge >= 0.3 is 5.69 Å². The van der Waals surface area contributed by atoms with Gasteiger partial charge in [0.25, 0.3) is 5.56 Å². The number of nitrogens with one attached hydrogen (secondary N) is 1. The van der Waals surface area contributed by atoms with Gasteiger partial charge in [-0.2, -0.15) is 0 Å². The number of aromatic amines is 1. The fraction of sp³-hybridized carbons (Fsp3) is 0.636. The van der Waals surface area contributed by atoms with Crippen LogP contribution in [-0.2, 0) is 4.74 Å². The first-order valence-corrected chi connectivity index (χ1v) is 7.79. The summed E-state index contributed by atoms with van der Waals surface area (Å²) in [6.45, 7) is -0.386. The third kappa shape index (κ3) is 3.48. The number of aliphatic hydroxyl groups excluding tert-OH is 3. The minimum absolute atomic E-state index is 0.0745. The summed E-state index contributed by atoms with van der Waals surface area (Å²) in [6, 6.07) is 0. The lowest BCUT2D eigenvalue weighted by molar-refractivity contribution is -0.0461. The van der Waals surface area contributed by atoms with Crippen molar-refractivity contribution in [2.45, 2.75) is 34.3 Å². The molecule has 1 aromatic heterocycles. The van der Waals surface area contributed by atoms with Crippen LogP contribution in [0.5, 0.6) is 0 Å². The van der Waals surface area contributed by atoms with Crippen LogP contribution in [0.2, 0.25) is 0 Å². The predicted octanol–water partition coefficient (Wildman–Crippen LogP) is -0.789. The highest BCUT2D eigenvalue weighted by Gasteiger charge is 2.35. The zero-order valence-electron chi connectivity index (χ0n) is 10.6. The number of hydrogen-bond donors (Lipinski definition) is 4. The Kier molecular flexibility index (Phi) is 5.43. The molecule has 0 radical (unpaired) electrons. The van der Waals surface area contributed by atoms with E-state index >= 15 is 0 Å². The molecule has 0 aromatic carbocycles. The lowest BCUT2D eigenvalue weighted by Gasteiger charge is -2.17. The van der Waals surface area contributed by atoms with Crippen LogP contribution in [0.3, 0.4) is 0 Å². The molecule has 1 aliphatic rings. The van der Waals surface area contributed by atoms with Gasteiger partial charge in [0.1, 0.15) is 21.8 Å². The molecular formula is C11H14ClIN2O6. The van der Waals surface area contributed by atoms with Crippen LogP contribution in [0.25, 0.3) is 0 Å². The van der Waals surface area contributed by atoms with Crippen LogP contribution < -0.4 is 11.2 Å². The summed E-state index contributed by atoms with van der Waals surface area (Å²) in [7, 11) is 0. The van der Waals surface area contributed by atoms with Gasteiger partial charge in [0, 0.05) is 12.6 Å². The molecule has 0 aliphatic carbocycles. The summed E-state index contributed by atoms with van der Waals surface area (Å²) in [4.78, 5) is 25.6. The fourth-order valence-electron chi connectivity index (χ4n) is 2.11. The van der Waals surface area contributed by atoms with Gasteiger partial charge in [-0.05, 0) is 0 Å². The number of rotatable bonds is 4. The largest absolute Gasteiger partial charge is 0.394 e. The lowest BCUT2D eigenvalue weighted by Crippen LogP contribution is -2.35. The molecule has 0 saturated carbocycles. The van der Waals surface area contributed by atoms with Gasteiger partial charge in [-0.25, -0.2) is 4.79 Å². The molecule has 2 heterocycles. The van der Waals surface area contributed by atoms with Crippen molar-refractivity contribution >= 4 is 34.2 Å². The average molecular weight is 433 g/mol. The number of nitrogens with zero attached hydrogens (tertiary/aromatic N) is 1. The second kappa shape index (κ2) is 6.75. The highest BCUT2D eigenvalue weighted by molar-refractivity contribution is 14.1. The quantitative estimate of drug-likeness (QED) is 0.365. The maximum atomic E-state index is 11.8. The lowest BCUT2D eigenvalue weighted by atomic mass is 10.2. The Morgan fingerprint density at radius 3 is 2.76 bits per heavy atom. The van der Waals surface area contributed by atoms with E-state index < -0.39 is 39.2 Å². The van der Waals surface area contributed by atoms with E-state index in [1.165, 1.54) is 0 Å². The summed E-state index contributed by atoms with van der Waals surface area (Å²) >= 11 is 7.49. The third-order valence-electron chi connectivity index (χ3n) is 3.25. The molecule has 2 rings (SSSR count). The van der Waals surface area contributed by atoms with Crippen molar-refractivity contribution in [3.8, 4) is 0 Å². The van der Waals surface area contributed by atoms with Crippen molar-refractivity contribution in [3.63, 3.8) is 0 Å². The van der Waals surface area contributed by atoms with E-state index in [0.29, 0.717) is 0 Å². The number of ether oxygens (including phenoxy) is 1. The van der Waals surface area contributed by atoms with Crippen molar-refractivity contribution < 1.29 is 20.1 Å². The number of halogens is 2. The first-order valence-electron chi connectivity index (χ1n) is 6.11. The highest BCUT2D eigenvalue weighted by atomic mass is 127. The van der Waals surface area contributed by atoms with E-state index in [4.69, 9.17) is 21.4 Å². The van der Waals surface area contributed by atoms with Gasteiger partial charge in [0.15, 0.2) is 0 Å². The smallest absolute Gasteiger partial charge is 0.330 e. The van der Waals surface area contributed by atoms with E-state index in [1.54, 1.807) is 22.6 Å². The van der Waals surface area contributed by atoms with Crippen molar-refractivity contribution in [1.29, 1.82) is 0 Å². The Balaban J connectivity index is 2.39. The summed E-state index contributed by atoms with van der Waals surface area (Å²) in [6.07, 6.45) is -2.57. The van der Waals surface area contributed by atoms with Gasteiger partial charge < -0.3 is 20.1 Å². The zero-order valence-corrected chi connectivity index (χ0v) is 13.6. The van der Waals surface area contributed by atoms with Crippen molar-refractivity contribution in [2.75, 3.05) is 6.61 Å². The highest BCUT2D eigenvalue weighted by Crippen LogP contribution is 2.28. The molecule has 1 saturated heterocycles. The maximum absolute atomic E-state index is 11.8. The molecule has 4 N–H and O–H groups in total. The molecule has 2 unspecified atom stereocenters. The second-order valence-corrected chi connectivity index (χ2v) is 7.19. The number of aliphatic hydroxyl groups is 3. The Morgan fingerprint density at radius 2 is 2.24 bits per heavy atom. The summed E-state index contributed by atoms with van der Waals surface area (Å²) in [5.41, 5.74) is -1.54. The van der Waals surface area contributed by atoms with E-state index in [1.807, 2.05) is 0 Å². The molecular weight excluding hydrogens is 418 g/mol. The molecule has 0 amide bonds. The van der Waals surface area contributed by atoms with Gasteiger partial charge in [-0.3, -0.25) is 14.3 Å². The van der Waals surface area contributed by atoms with Gasteiger partial charge in [0.05, 0.1) is 18.3 Å². The fourth-order valence-corrected chi connectivity index (χ4v) is 2.63. The molecule has 10 heteroatoms. The second-order valence-electron chi connectivity index (χ2n) is 4.65. The van der Waals surface area contributed by atoms with Crippen LogP contribution in [0.15, 0.2) is 15.8 Å². The molecule has 8 nitrogen and oxygen atoms in total. The minimum Gasteiger partial charge on any atom is -0.394 e. The first kappa shape index (κ1) is 16.9. The molecule has 1 aromatic rings. The maximum Gasteiger partial charge on any atom is 0.330 e. The molecule has 1 fully saturated rings. The predicted molar refractivity (Wildman–Crippen MR) is 81.6 cm³/mol. The Bertz CT molecular complexity index is 617. The zero-order chi connectivity index (χ0) is 15.7. The minimum atomic E-state index is -1.26. The van der Waals surface area contributed by atoms with Gasteiger partial charge in [-0.1, -0.05) is 22.6 Å². The van der Waals surface area contributed by atoms with Crippen molar-refractivity contribution in [1.82, 2.24) is 9.55 Å². The molecule has 0 spiro atoms. The Labute approximate surface area is 137 Å². The van der Waals surface area contributed by atoms with Crippen LogP contribution in [-0.4, -0.2) is 47.1 Å². The molecule has 118 valence electrons. The first-order chi connectivity index (χ1) is 9.85. The topological polar surface area (TPSA) is 125 Å². The van der Waals surface area contributed by atoms with E-state index in [-0.39, 0.29) is 18.6 Å². The van der Waals surface area contributed by atoms with Crippen molar-refractivity contribution in [2.24, 2.45) is 0 Å². The van der Waals surface area contributed by atoms with Crippen molar-refractivity contribution in [3.05, 3.63) is 32.6 Å². The SMILES string of the molecule is O=c1[nH]c(=O)n([C@H]2C[C@H](O)[C@@H](CO)O2)cc1C(O)C(Cl)I. The number of H-pyrrole nitrogens is 1. The Hall–Kier alpha value is -0.460. The third-order valence-corrected chi connectivity index (χ3v) is 4.17. The molecule has 5 atom stereocenters. The number of hydrogen-bond acceptors (Lipinski definition) is 6. The van der Waals surface area contributed by atoms with E-state index in [9.17, 15) is 19.8 Å². The summed E-state index contributed by atoms with van der Waals surface area (Å²) in [5.74, 6) is 0. The van der Waals surface area contributed by atoms with Crippen LogP contribution in [0.1, 0.15) is 24.3 Å². The summed E-state index contributed by atoms with van der Waals surface area (Å²) in [5, 5.41) is 28.6. The Morgan fingerprint density at radius 1 is 1.57 bits per heavy atom. The van der Waals surface area contributed by atoms with Crippen LogP contribution in [0.4, 0.5) is 0 Å². The van der Waals surface area contributed by atoms with Crippen LogP contribution in [0, 0.1) is 0 Å². The standard InChI is InChI=1S/C11H14ClIN2O6/c12-9(13)8(18)4-2-15(11(20)14-10(4)19)7-1-5(17)6(3-16)21-7/h2,5-9,16-18H,1,3H2,(H,14,19,20)/t5-,6+,7+,8?,9?/m0/s1. The van der Waals surface area contributed by atoms with Gasteiger partial charge in [-0.15, -0.1) is 11.6 Å². The molecule has 1 aliphatic heterocycles. The van der Waals surface area contributed by atoms with E-state index in [2.05, 4.69) is 4.98 Å². The van der Waals surface area contributed by atoms with E-state index in [0.717, 1.165) is 10.8 Å². The normalized spacial score (nSPS) is 28.5. The van der Waals surface area contributed by atoms with Crippen LogP contribution >= 0.6 is 34.2 Å². The molecule has 0 bridgehead atoms. The average Bonchev–Trinajstić information content (AvgIpc) is 2.79. The number of aromatic nitrogens is 2. The summed E-state index contributed by atoms with van der Waals surface area (Å²) < 4.78 is 5.66. The monoisotopic (exact) mass is 432 g/mol.